The minimum Gasteiger partial charge on any atom is -0.486 e. The lowest BCUT2D eigenvalue weighted by atomic mass is 10.1. The molecule has 114 valence electrons. The summed E-state index contributed by atoms with van der Waals surface area (Å²) >= 11 is 5.87. The van der Waals surface area contributed by atoms with E-state index in [1.54, 1.807) is 6.07 Å². The maximum absolute atomic E-state index is 12.2. The third-order valence-corrected chi connectivity index (χ3v) is 3.60. The van der Waals surface area contributed by atoms with Crippen molar-refractivity contribution in [2.24, 2.45) is 0 Å². The van der Waals surface area contributed by atoms with Crippen LogP contribution in [0.15, 0.2) is 36.5 Å². The Bertz CT molecular complexity index is 706. The molecule has 3 rings (SSSR count). The van der Waals surface area contributed by atoms with Gasteiger partial charge >= 0.3 is 0 Å². The van der Waals surface area contributed by atoms with E-state index in [1.165, 1.54) is 12.3 Å². The summed E-state index contributed by atoms with van der Waals surface area (Å²) in [5.41, 5.74) is 1.22. The highest BCUT2D eigenvalue weighted by Gasteiger charge is 2.17. The van der Waals surface area contributed by atoms with Crippen LogP contribution in [-0.4, -0.2) is 24.1 Å². The molecule has 0 radical (unpaired) electrons. The van der Waals surface area contributed by atoms with Crippen molar-refractivity contribution >= 4 is 17.5 Å². The van der Waals surface area contributed by atoms with E-state index < -0.39 is 0 Å². The van der Waals surface area contributed by atoms with Crippen molar-refractivity contribution in [1.82, 2.24) is 10.3 Å². The Hall–Kier alpha value is -2.27. The van der Waals surface area contributed by atoms with Crippen molar-refractivity contribution in [2.75, 3.05) is 13.2 Å². The Labute approximate surface area is 133 Å². The zero-order valence-corrected chi connectivity index (χ0v) is 12.8. The molecule has 0 fully saturated rings. The SMILES string of the molecule is CC(NC(=O)c1cc(Cl)ccn1)c1ccc2c(c1)OCCO2. The molecule has 1 aliphatic rings. The van der Waals surface area contributed by atoms with Gasteiger partial charge in [-0.1, -0.05) is 17.7 Å². The number of amides is 1. The largest absolute Gasteiger partial charge is 0.486 e. The molecule has 5 nitrogen and oxygen atoms in total. The van der Waals surface area contributed by atoms with Gasteiger partial charge in [-0.2, -0.15) is 0 Å². The van der Waals surface area contributed by atoms with Gasteiger partial charge in [0.2, 0.25) is 0 Å². The summed E-state index contributed by atoms with van der Waals surface area (Å²) in [5, 5.41) is 3.37. The predicted molar refractivity (Wildman–Crippen MR) is 82.6 cm³/mol. The first kappa shape index (κ1) is 14.7. The molecule has 1 N–H and O–H groups in total. The quantitative estimate of drug-likeness (QED) is 0.945. The fourth-order valence-corrected chi connectivity index (χ4v) is 2.37. The van der Waals surface area contributed by atoms with E-state index >= 15 is 0 Å². The van der Waals surface area contributed by atoms with Crippen LogP contribution in [-0.2, 0) is 0 Å². The third-order valence-electron chi connectivity index (χ3n) is 3.37. The summed E-state index contributed by atoms with van der Waals surface area (Å²) in [6, 6.07) is 8.61. The van der Waals surface area contributed by atoms with Crippen molar-refractivity contribution in [3.05, 3.63) is 52.8 Å². The van der Waals surface area contributed by atoms with Crippen LogP contribution in [0.25, 0.3) is 0 Å². The van der Waals surface area contributed by atoms with Crippen molar-refractivity contribution < 1.29 is 14.3 Å². The highest BCUT2D eigenvalue weighted by atomic mass is 35.5. The van der Waals surface area contributed by atoms with Gasteiger partial charge in [0, 0.05) is 11.2 Å². The minimum absolute atomic E-state index is 0.191. The molecule has 22 heavy (non-hydrogen) atoms. The Morgan fingerprint density at radius 3 is 2.77 bits per heavy atom. The number of carbonyl (C=O) groups is 1. The van der Waals surface area contributed by atoms with Gasteiger partial charge in [-0.05, 0) is 36.8 Å². The lowest BCUT2D eigenvalue weighted by Crippen LogP contribution is -2.27. The molecule has 2 heterocycles. The minimum atomic E-state index is -0.273. The molecule has 0 saturated heterocycles. The topological polar surface area (TPSA) is 60.5 Å². The van der Waals surface area contributed by atoms with Gasteiger partial charge in [0.25, 0.3) is 5.91 Å². The van der Waals surface area contributed by atoms with Crippen LogP contribution in [0.5, 0.6) is 11.5 Å². The molecule has 1 aromatic carbocycles. The fourth-order valence-electron chi connectivity index (χ4n) is 2.21. The van der Waals surface area contributed by atoms with Crippen molar-refractivity contribution in [3.8, 4) is 11.5 Å². The zero-order chi connectivity index (χ0) is 15.5. The van der Waals surface area contributed by atoms with Gasteiger partial charge < -0.3 is 14.8 Å². The number of fused-ring (bicyclic) bond motifs is 1. The van der Waals surface area contributed by atoms with Gasteiger partial charge in [-0.25, -0.2) is 0 Å². The van der Waals surface area contributed by atoms with E-state index in [4.69, 9.17) is 21.1 Å². The number of hydrogen-bond donors (Lipinski definition) is 1. The number of hydrogen-bond acceptors (Lipinski definition) is 4. The molecule has 1 aromatic heterocycles. The molecule has 0 saturated carbocycles. The number of nitrogens with zero attached hydrogens (tertiary/aromatic N) is 1. The lowest BCUT2D eigenvalue weighted by Gasteiger charge is -2.21. The average Bonchev–Trinajstić information content (AvgIpc) is 2.54. The normalized spacial score (nSPS) is 14.3. The predicted octanol–water partition coefficient (Wildman–Crippen LogP) is 3.00. The number of ether oxygens (including phenoxy) is 2. The van der Waals surface area contributed by atoms with Crippen LogP contribution in [0.3, 0.4) is 0 Å². The van der Waals surface area contributed by atoms with Crippen LogP contribution in [0, 0.1) is 0 Å². The standard InChI is InChI=1S/C16H15ClN2O3/c1-10(19-16(20)13-9-12(17)4-5-18-13)11-2-3-14-15(8-11)22-7-6-21-14/h2-5,8-10H,6-7H2,1H3,(H,19,20). The van der Waals surface area contributed by atoms with Gasteiger partial charge in [-0.3, -0.25) is 9.78 Å². The zero-order valence-electron chi connectivity index (χ0n) is 12.0. The van der Waals surface area contributed by atoms with Gasteiger partial charge in [0.15, 0.2) is 11.5 Å². The van der Waals surface area contributed by atoms with E-state index in [2.05, 4.69) is 10.3 Å². The van der Waals surface area contributed by atoms with Gasteiger partial charge in [-0.15, -0.1) is 0 Å². The molecule has 6 heteroatoms. The molecular formula is C16H15ClN2O3. The second-order valence-electron chi connectivity index (χ2n) is 4.96. The summed E-state index contributed by atoms with van der Waals surface area (Å²) in [6.07, 6.45) is 1.51. The highest BCUT2D eigenvalue weighted by molar-refractivity contribution is 6.30. The maximum atomic E-state index is 12.2. The van der Waals surface area contributed by atoms with Crippen molar-refractivity contribution in [1.29, 1.82) is 0 Å². The number of halogens is 1. The molecule has 1 aliphatic heterocycles. The first-order chi connectivity index (χ1) is 10.6. The number of pyridine rings is 1. The van der Waals surface area contributed by atoms with Crippen LogP contribution < -0.4 is 14.8 Å². The molecule has 1 amide bonds. The molecule has 0 bridgehead atoms. The molecule has 1 atom stereocenters. The lowest BCUT2D eigenvalue weighted by molar-refractivity contribution is 0.0934. The summed E-state index contributed by atoms with van der Waals surface area (Å²) in [6.45, 7) is 2.98. The number of rotatable bonds is 3. The van der Waals surface area contributed by atoms with E-state index in [1.807, 2.05) is 25.1 Å². The summed E-state index contributed by atoms with van der Waals surface area (Å²) in [7, 11) is 0. The summed E-state index contributed by atoms with van der Waals surface area (Å²) in [4.78, 5) is 16.2. The smallest absolute Gasteiger partial charge is 0.270 e. The Balaban J connectivity index is 1.74. The van der Waals surface area contributed by atoms with E-state index in [0.29, 0.717) is 24.0 Å². The van der Waals surface area contributed by atoms with Crippen LogP contribution in [0.4, 0.5) is 0 Å². The van der Waals surface area contributed by atoms with Gasteiger partial charge in [0.05, 0.1) is 6.04 Å². The van der Waals surface area contributed by atoms with Gasteiger partial charge in [0.1, 0.15) is 18.9 Å². The maximum Gasteiger partial charge on any atom is 0.270 e. The number of nitrogens with one attached hydrogen (secondary N) is 1. The second kappa shape index (κ2) is 6.23. The monoisotopic (exact) mass is 318 g/mol. The molecule has 0 spiro atoms. The van der Waals surface area contributed by atoms with Crippen molar-refractivity contribution in [3.63, 3.8) is 0 Å². The highest BCUT2D eigenvalue weighted by Crippen LogP contribution is 2.32. The Morgan fingerprint density at radius 1 is 1.23 bits per heavy atom. The fraction of sp³-hybridized carbons (Fsp3) is 0.250. The van der Waals surface area contributed by atoms with Crippen molar-refractivity contribution in [2.45, 2.75) is 13.0 Å². The van der Waals surface area contributed by atoms with E-state index in [-0.39, 0.29) is 17.6 Å². The Morgan fingerprint density at radius 2 is 2.00 bits per heavy atom. The number of aromatic nitrogens is 1. The molecule has 1 unspecified atom stereocenters. The summed E-state index contributed by atoms with van der Waals surface area (Å²) in [5.74, 6) is 1.15. The van der Waals surface area contributed by atoms with Crippen LogP contribution in [0.1, 0.15) is 29.0 Å². The third kappa shape index (κ3) is 3.14. The summed E-state index contributed by atoms with van der Waals surface area (Å²) < 4.78 is 11.0. The molecule has 0 aliphatic carbocycles. The average molecular weight is 319 g/mol. The van der Waals surface area contributed by atoms with Crippen LogP contribution >= 0.6 is 11.6 Å². The second-order valence-corrected chi connectivity index (χ2v) is 5.39. The Kier molecular flexibility index (Phi) is 4.15. The van der Waals surface area contributed by atoms with Crippen LogP contribution in [0.2, 0.25) is 5.02 Å². The number of carbonyl (C=O) groups excluding carboxylic acids is 1. The first-order valence-corrected chi connectivity index (χ1v) is 7.33. The molecular weight excluding hydrogens is 304 g/mol. The molecule has 2 aromatic rings. The number of benzene rings is 1. The van der Waals surface area contributed by atoms with E-state index in [0.717, 1.165) is 11.3 Å². The van der Waals surface area contributed by atoms with E-state index in [9.17, 15) is 4.79 Å². The first-order valence-electron chi connectivity index (χ1n) is 6.95.